The molecule has 0 spiro atoms. The second-order valence-electron chi connectivity index (χ2n) is 5.03. The summed E-state index contributed by atoms with van der Waals surface area (Å²) in [4.78, 5) is 2.28. The molecule has 1 heterocycles. The van der Waals surface area contributed by atoms with E-state index < -0.39 is 0 Å². The molecule has 2 aromatic carbocycles. The van der Waals surface area contributed by atoms with Crippen molar-refractivity contribution >= 4 is 23.0 Å². The Hall–Kier alpha value is -1.87. The summed E-state index contributed by atoms with van der Waals surface area (Å²) in [5, 5.41) is 3.50. The van der Waals surface area contributed by atoms with Crippen molar-refractivity contribution in [1.82, 2.24) is 0 Å². The third-order valence-corrected chi connectivity index (χ3v) is 3.97. The van der Waals surface area contributed by atoms with E-state index in [1.54, 1.807) is 0 Å². The quantitative estimate of drug-likeness (QED) is 0.861. The Kier molecular flexibility index (Phi) is 4.20. The molecule has 1 unspecified atom stereocenters. The van der Waals surface area contributed by atoms with Crippen molar-refractivity contribution in [3.05, 3.63) is 54.1 Å². The molecular formula is C17H19ClN2O. The minimum absolute atomic E-state index is 0.0968. The number of alkyl halides is 1. The molecule has 0 radical (unpaired) electrons. The Bertz CT molecular complexity index is 600. The van der Waals surface area contributed by atoms with Crippen molar-refractivity contribution in [1.29, 1.82) is 0 Å². The van der Waals surface area contributed by atoms with Gasteiger partial charge >= 0.3 is 0 Å². The first kappa shape index (κ1) is 14.1. The van der Waals surface area contributed by atoms with Gasteiger partial charge in [0.25, 0.3) is 0 Å². The fraction of sp³-hybridized carbons (Fsp3) is 0.294. The number of halogens is 1. The molecule has 110 valence electrons. The van der Waals surface area contributed by atoms with Gasteiger partial charge in [-0.25, -0.2) is 0 Å². The fourth-order valence-electron chi connectivity index (χ4n) is 2.64. The first-order valence-corrected chi connectivity index (χ1v) is 7.75. The van der Waals surface area contributed by atoms with Crippen LogP contribution in [0.5, 0.6) is 5.75 Å². The monoisotopic (exact) mass is 302 g/mol. The number of hydrogen-bond donors (Lipinski definition) is 1. The molecule has 0 saturated heterocycles. The summed E-state index contributed by atoms with van der Waals surface area (Å²) in [7, 11) is 0. The summed E-state index contributed by atoms with van der Waals surface area (Å²) in [6, 6.07) is 16.5. The molecule has 2 aromatic rings. The predicted molar refractivity (Wildman–Crippen MR) is 88.4 cm³/mol. The van der Waals surface area contributed by atoms with Crippen LogP contribution in [0, 0.1) is 0 Å². The molecule has 1 aliphatic heterocycles. The molecule has 0 amide bonds. The summed E-state index contributed by atoms with van der Waals surface area (Å²) in [5.74, 6) is 1.43. The standard InChI is InChI=1S/C17H19ClN2O/c1-2-21-15-9-7-14(8-10-15)20-12-13-5-3-4-6-16(13)19-17(20)11-18/h3-10,17,19H,2,11-12H2,1H3. The number of nitrogens with one attached hydrogen (secondary N) is 1. The van der Waals surface area contributed by atoms with Crippen LogP contribution in [0.2, 0.25) is 0 Å². The van der Waals surface area contributed by atoms with Crippen LogP contribution in [0.3, 0.4) is 0 Å². The van der Waals surface area contributed by atoms with Crippen LogP contribution in [0.1, 0.15) is 12.5 Å². The molecule has 1 aliphatic rings. The first-order chi connectivity index (χ1) is 10.3. The second kappa shape index (κ2) is 6.27. The molecule has 1 N–H and O–H groups in total. The van der Waals surface area contributed by atoms with Crippen molar-refractivity contribution in [3.8, 4) is 5.75 Å². The minimum Gasteiger partial charge on any atom is -0.494 e. The summed E-state index contributed by atoms with van der Waals surface area (Å²) < 4.78 is 5.50. The van der Waals surface area contributed by atoms with Crippen molar-refractivity contribution < 1.29 is 4.74 Å². The molecule has 0 fully saturated rings. The summed E-state index contributed by atoms with van der Waals surface area (Å²) in [6.45, 7) is 3.53. The lowest BCUT2D eigenvalue weighted by atomic mass is 10.1. The molecule has 21 heavy (non-hydrogen) atoms. The summed E-state index contributed by atoms with van der Waals surface area (Å²) in [6.07, 6.45) is 0.0968. The Morgan fingerprint density at radius 1 is 1.19 bits per heavy atom. The molecule has 3 rings (SSSR count). The van der Waals surface area contributed by atoms with E-state index in [1.807, 2.05) is 25.1 Å². The van der Waals surface area contributed by atoms with Gasteiger partial charge in [-0.1, -0.05) is 18.2 Å². The van der Waals surface area contributed by atoms with E-state index in [9.17, 15) is 0 Å². The average Bonchev–Trinajstić information content (AvgIpc) is 2.54. The van der Waals surface area contributed by atoms with Gasteiger partial charge in [0.05, 0.1) is 12.5 Å². The third kappa shape index (κ3) is 2.93. The fourth-order valence-corrected chi connectivity index (χ4v) is 2.89. The smallest absolute Gasteiger partial charge is 0.119 e. The molecule has 0 saturated carbocycles. The molecular weight excluding hydrogens is 284 g/mol. The van der Waals surface area contributed by atoms with Gasteiger partial charge in [-0.2, -0.15) is 0 Å². The Morgan fingerprint density at radius 3 is 2.67 bits per heavy atom. The van der Waals surface area contributed by atoms with Crippen molar-refractivity contribution in [2.75, 3.05) is 22.7 Å². The van der Waals surface area contributed by atoms with E-state index in [1.165, 1.54) is 11.3 Å². The van der Waals surface area contributed by atoms with E-state index in [0.717, 1.165) is 18.0 Å². The van der Waals surface area contributed by atoms with Gasteiger partial charge in [0.15, 0.2) is 0 Å². The zero-order valence-electron chi connectivity index (χ0n) is 12.1. The number of nitrogens with zero attached hydrogens (tertiary/aromatic N) is 1. The number of rotatable bonds is 4. The normalized spacial score (nSPS) is 17.0. The number of ether oxygens (including phenoxy) is 1. The topological polar surface area (TPSA) is 24.5 Å². The van der Waals surface area contributed by atoms with Crippen LogP contribution in [-0.4, -0.2) is 18.7 Å². The SMILES string of the molecule is CCOc1ccc(N2Cc3ccccc3NC2CCl)cc1. The third-order valence-electron chi connectivity index (χ3n) is 3.68. The van der Waals surface area contributed by atoms with E-state index in [2.05, 4.69) is 40.5 Å². The molecule has 0 aromatic heterocycles. The lowest BCUT2D eigenvalue weighted by Crippen LogP contribution is -2.45. The van der Waals surface area contributed by atoms with Gasteiger partial charge < -0.3 is 15.0 Å². The number of anilines is 2. The number of para-hydroxylation sites is 1. The van der Waals surface area contributed by atoms with Crippen LogP contribution < -0.4 is 15.0 Å². The lowest BCUT2D eigenvalue weighted by molar-refractivity contribution is 0.340. The molecule has 1 atom stereocenters. The van der Waals surface area contributed by atoms with Gasteiger partial charge in [-0.15, -0.1) is 11.6 Å². The van der Waals surface area contributed by atoms with Gasteiger partial charge in [-0.05, 0) is 42.8 Å². The molecule has 0 bridgehead atoms. The van der Waals surface area contributed by atoms with Crippen LogP contribution in [0.15, 0.2) is 48.5 Å². The Labute approximate surface area is 130 Å². The first-order valence-electron chi connectivity index (χ1n) is 7.21. The number of fused-ring (bicyclic) bond motifs is 1. The molecule has 4 heteroatoms. The molecule has 0 aliphatic carbocycles. The number of hydrogen-bond acceptors (Lipinski definition) is 3. The van der Waals surface area contributed by atoms with Crippen LogP contribution >= 0.6 is 11.6 Å². The van der Waals surface area contributed by atoms with Crippen LogP contribution in [0.25, 0.3) is 0 Å². The van der Waals surface area contributed by atoms with Gasteiger partial charge in [0, 0.05) is 17.9 Å². The van der Waals surface area contributed by atoms with Crippen molar-refractivity contribution in [2.24, 2.45) is 0 Å². The van der Waals surface area contributed by atoms with Gasteiger partial charge in [0.2, 0.25) is 0 Å². The van der Waals surface area contributed by atoms with Crippen LogP contribution in [-0.2, 0) is 6.54 Å². The van der Waals surface area contributed by atoms with Crippen molar-refractivity contribution in [2.45, 2.75) is 19.6 Å². The van der Waals surface area contributed by atoms with E-state index in [-0.39, 0.29) is 6.17 Å². The van der Waals surface area contributed by atoms with Gasteiger partial charge in [0.1, 0.15) is 11.9 Å². The lowest BCUT2D eigenvalue weighted by Gasteiger charge is -2.38. The summed E-state index contributed by atoms with van der Waals surface area (Å²) >= 11 is 6.14. The maximum absolute atomic E-state index is 6.14. The maximum Gasteiger partial charge on any atom is 0.119 e. The maximum atomic E-state index is 6.14. The Morgan fingerprint density at radius 2 is 1.95 bits per heavy atom. The highest BCUT2D eigenvalue weighted by atomic mass is 35.5. The zero-order chi connectivity index (χ0) is 14.7. The molecule has 3 nitrogen and oxygen atoms in total. The predicted octanol–water partition coefficient (Wildman–Crippen LogP) is 4.08. The average molecular weight is 303 g/mol. The Balaban J connectivity index is 1.86. The van der Waals surface area contributed by atoms with E-state index in [0.29, 0.717) is 12.5 Å². The second-order valence-corrected chi connectivity index (χ2v) is 5.34. The van der Waals surface area contributed by atoms with Crippen LogP contribution in [0.4, 0.5) is 11.4 Å². The highest BCUT2D eigenvalue weighted by Crippen LogP contribution is 2.30. The largest absolute Gasteiger partial charge is 0.494 e. The highest BCUT2D eigenvalue weighted by Gasteiger charge is 2.24. The number of benzene rings is 2. The van der Waals surface area contributed by atoms with Gasteiger partial charge in [-0.3, -0.25) is 0 Å². The zero-order valence-corrected chi connectivity index (χ0v) is 12.8. The highest BCUT2D eigenvalue weighted by molar-refractivity contribution is 6.18. The van der Waals surface area contributed by atoms with Crippen molar-refractivity contribution in [3.63, 3.8) is 0 Å². The van der Waals surface area contributed by atoms with E-state index >= 15 is 0 Å². The minimum atomic E-state index is 0.0968. The summed E-state index contributed by atoms with van der Waals surface area (Å²) in [5.41, 5.74) is 3.60. The van der Waals surface area contributed by atoms with E-state index in [4.69, 9.17) is 16.3 Å².